The number of nitrogens with zero attached hydrogens (tertiary/aromatic N) is 3. The summed E-state index contributed by atoms with van der Waals surface area (Å²) in [7, 11) is 2.83. The van der Waals surface area contributed by atoms with Gasteiger partial charge in [0.2, 0.25) is 0 Å². The third-order valence-corrected chi connectivity index (χ3v) is 2.89. The van der Waals surface area contributed by atoms with Crippen LogP contribution in [-0.2, 0) is 14.1 Å². The van der Waals surface area contributed by atoms with Gasteiger partial charge in [-0.15, -0.1) is 0 Å². The maximum Gasteiger partial charge on any atom is 0.332 e. The molecule has 0 fully saturated rings. The minimum absolute atomic E-state index is 0.138. The fraction of sp³-hybridized carbons (Fsp3) is 0.167. The van der Waals surface area contributed by atoms with Crippen molar-refractivity contribution in [2.24, 2.45) is 14.1 Å². The maximum atomic E-state index is 11.8. The Kier molecular flexibility index (Phi) is 3.38. The summed E-state index contributed by atoms with van der Waals surface area (Å²) < 4.78 is 2.16. The van der Waals surface area contributed by atoms with Gasteiger partial charge in [-0.05, 0) is 6.07 Å². The molecule has 8 nitrogen and oxygen atoms in total. The van der Waals surface area contributed by atoms with Crippen LogP contribution in [0.25, 0.3) is 0 Å². The molecule has 0 saturated carbocycles. The lowest BCUT2D eigenvalue weighted by atomic mass is 10.2. The molecule has 20 heavy (non-hydrogen) atoms. The smallest absolute Gasteiger partial charge is 0.332 e. The van der Waals surface area contributed by atoms with Crippen LogP contribution in [0, 0.1) is 10.1 Å². The second-order valence-corrected chi connectivity index (χ2v) is 4.17. The van der Waals surface area contributed by atoms with Crippen LogP contribution in [0.4, 0.5) is 17.2 Å². The summed E-state index contributed by atoms with van der Waals surface area (Å²) in [5.74, 6) is 0.187. The number of aromatic nitrogens is 2. The largest absolute Gasteiger partial charge is 0.336 e. The van der Waals surface area contributed by atoms with Crippen molar-refractivity contribution in [3.05, 3.63) is 61.3 Å². The standard InChI is InChI=1S/C12H12N4O4/c1-14-10(7-11(17)15(2)12(14)18)13-8-5-3-4-6-9(8)16(19)20/h3-7,13H,1-2H3. The molecule has 1 heterocycles. The lowest BCUT2D eigenvalue weighted by Gasteiger charge is -2.11. The molecule has 0 spiro atoms. The van der Waals surface area contributed by atoms with Crippen molar-refractivity contribution in [1.29, 1.82) is 0 Å². The van der Waals surface area contributed by atoms with Crippen molar-refractivity contribution < 1.29 is 4.92 Å². The van der Waals surface area contributed by atoms with Crippen LogP contribution >= 0.6 is 0 Å². The number of anilines is 2. The van der Waals surface area contributed by atoms with Crippen molar-refractivity contribution in [3.63, 3.8) is 0 Å². The van der Waals surface area contributed by atoms with Gasteiger partial charge in [0.15, 0.2) is 0 Å². The molecular weight excluding hydrogens is 264 g/mol. The zero-order valence-corrected chi connectivity index (χ0v) is 10.9. The number of hydrogen-bond acceptors (Lipinski definition) is 5. The van der Waals surface area contributed by atoms with Crippen molar-refractivity contribution in [1.82, 2.24) is 9.13 Å². The first-order valence-corrected chi connectivity index (χ1v) is 5.69. The molecule has 0 unspecified atom stereocenters. The molecule has 0 aliphatic carbocycles. The number of nitro benzene ring substituents is 1. The third kappa shape index (κ3) is 2.30. The summed E-state index contributed by atoms with van der Waals surface area (Å²) >= 11 is 0. The van der Waals surface area contributed by atoms with Crippen molar-refractivity contribution in [2.75, 3.05) is 5.32 Å². The van der Waals surface area contributed by atoms with Gasteiger partial charge in [-0.25, -0.2) is 4.79 Å². The molecule has 1 N–H and O–H groups in total. The van der Waals surface area contributed by atoms with Gasteiger partial charge in [0, 0.05) is 26.2 Å². The Labute approximate surface area is 113 Å². The summed E-state index contributed by atoms with van der Waals surface area (Å²) in [5.41, 5.74) is -0.936. The average Bonchev–Trinajstić information content (AvgIpc) is 2.43. The number of rotatable bonds is 3. The summed E-state index contributed by atoms with van der Waals surface area (Å²) in [4.78, 5) is 33.7. The molecule has 2 rings (SSSR count). The first kappa shape index (κ1) is 13.5. The van der Waals surface area contributed by atoms with E-state index in [0.717, 1.165) is 4.57 Å². The van der Waals surface area contributed by atoms with E-state index in [1.54, 1.807) is 6.07 Å². The highest BCUT2D eigenvalue weighted by Gasteiger charge is 2.14. The Morgan fingerprint density at radius 2 is 1.80 bits per heavy atom. The highest BCUT2D eigenvalue weighted by molar-refractivity contribution is 5.67. The van der Waals surface area contributed by atoms with Gasteiger partial charge in [-0.1, -0.05) is 12.1 Å². The van der Waals surface area contributed by atoms with Crippen LogP contribution < -0.4 is 16.6 Å². The van der Waals surface area contributed by atoms with Gasteiger partial charge < -0.3 is 5.32 Å². The lowest BCUT2D eigenvalue weighted by Crippen LogP contribution is -2.37. The number of nitrogens with one attached hydrogen (secondary N) is 1. The highest BCUT2D eigenvalue weighted by Crippen LogP contribution is 2.25. The van der Waals surface area contributed by atoms with Gasteiger partial charge in [0.05, 0.1) is 4.92 Å². The quantitative estimate of drug-likeness (QED) is 0.658. The van der Waals surface area contributed by atoms with Gasteiger partial charge in [0.25, 0.3) is 11.2 Å². The molecular formula is C12H12N4O4. The molecule has 0 radical (unpaired) electrons. The second-order valence-electron chi connectivity index (χ2n) is 4.17. The van der Waals surface area contributed by atoms with Crippen LogP contribution in [0.5, 0.6) is 0 Å². The van der Waals surface area contributed by atoms with E-state index in [0.29, 0.717) is 0 Å². The molecule has 2 aromatic rings. The third-order valence-electron chi connectivity index (χ3n) is 2.89. The molecule has 0 atom stereocenters. The Bertz CT molecular complexity index is 791. The zero-order chi connectivity index (χ0) is 14.9. The first-order chi connectivity index (χ1) is 9.41. The molecule has 0 aliphatic rings. The fourth-order valence-electron chi connectivity index (χ4n) is 1.73. The SMILES string of the molecule is Cn1c(Nc2ccccc2[N+](=O)[O-])cc(=O)n(C)c1=O. The van der Waals surface area contributed by atoms with Gasteiger partial charge in [-0.2, -0.15) is 0 Å². The van der Waals surface area contributed by atoms with Crippen LogP contribution in [0.15, 0.2) is 39.9 Å². The molecule has 0 saturated heterocycles. The van der Waals surface area contributed by atoms with Crippen LogP contribution in [0.2, 0.25) is 0 Å². The molecule has 1 aromatic carbocycles. The molecule has 0 bridgehead atoms. The van der Waals surface area contributed by atoms with Gasteiger partial charge in [-0.3, -0.25) is 24.0 Å². The van der Waals surface area contributed by atoms with E-state index >= 15 is 0 Å². The first-order valence-electron chi connectivity index (χ1n) is 5.69. The fourth-order valence-corrected chi connectivity index (χ4v) is 1.73. The summed E-state index contributed by atoms with van der Waals surface area (Å²) in [5, 5.41) is 13.7. The lowest BCUT2D eigenvalue weighted by molar-refractivity contribution is -0.383. The van der Waals surface area contributed by atoms with Crippen molar-refractivity contribution in [2.45, 2.75) is 0 Å². The Balaban J connectivity index is 2.54. The predicted molar refractivity (Wildman–Crippen MR) is 73.3 cm³/mol. The molecule has 0 aliphatic heterocycles. The summed E-state index contributed by atoms with van der Waals surface area (Å²) in [6.45, 7) is 0. The van der Waals surface area contributed by atoms with Crippen LogP contribution in [0.1, 0.15) is 0 Å². The molecule has 8 heteroatoms. The summed E-state index contributed by atoms with van der Waals surface area (Å²) in [6, 6.07) is 7.19. The monoisotopic (exact) mass is 276 g/mol. The van der Waals surface area contributed by atoms with Crippen LogP contribution in [0.3, 0.4) is 0 Å². The minimum Gasteiger partial charge on any atom is -0.336 e. The van der Waals surface area contributed by atoms with E-state index in [-0.39, 0.29) is 17.2 Å². The Hall–Kier alpha value is -2.90. The minimum atomic E-state index is -0.540. The highest BCUT2D eigenvalue weighted by atomic mass is 16.6. The van der Waals surface area contributed by atoms with E-state index in [1.807, 2.05) is 0 Å². The van der Waals surface area contributed by atoms with E-state index in [2.05, 4.69) is 5.32 Å². The van der Waals surface area contributed by atoms with E-state index in [9.17, 15) is 19.7 Å². The van der Waals surface area contributed by atoms with Crippen molar-refractivity contribution >= 4 is 17.2 Å². The summed E-state index contributed by atoms with van der Waals surface area (Å²) in [6.07, 6.45) is 0. The molecule has 0 amide bonds. The maximum absolute atomic E-state index is 11.8. The van der Waals surface area contributed by atoms with E-state index in [1.165, 1.54) is 42.9 Å². The second kappa shape index (κ2) is 5.00. The number of para-hydroxylation sites is 2. The molecule has 1 aromatic heterocycles. The van der Waals surface area contributed by atoms with Crippen molar-refractivity contribution in [3.8, 4) is 0 Å². The topological polar surface area (TPSA) is 99.2 Å². The van der Waals surface area contributed by atoms with Gasteiger partial charge in [0.1, 0.15) is 11.5 Å². The Morgan fingerprint density at radius 3 is 2.45 bits per heavy atom. The van der Waals surface area contributed by atoms with Crippen LogP contribution in [-0.4, -0.2) is 14.1 Å². The predicted octanol–water partition coefficient (Wildman–Crippen LogP) is 0.736. The molecule has 104 valence electrons. The number of hydrogen-bond donors (Lipinski definition) is 1. The van der Waals surface area contributed by atoms with E-state index < -0.39 is 16.2 Å². The zero-order valence-electron chi connectivity index (χ0n) is 10.9. The average molecular weight is 276 g/mol. The number of benzene rings is 1. The normalized spacial score (nSPS) is 10.3. The van der Waals surface area contributed by atoms with Gasteiger partial charge >= 0.3 is 5.69 Å². The Morgan fingerprint density at radius 1 is 1.15 bits per heavy atom. The van der Waals surface area contributed by atoms with E-state index in [4.69, 9.17) is 0 Å². The number of nitro groups is 1.